The third kappa shape index (κ3) is 2.41. The molecule has 100 valence electrons. The first-order valence-electron chi connectivity index (χ1n) is 6.20. The Balaban J connectivity index is 1.84. The molecule has 0 aliphatic carbocycles. The second-order valence-electron chi connectivity index (χ2n) is 4.61. The van der Waals surface area contributed by atoms with Crippen molar-refractivity contribution < 1.29 is 8.42 Å². The zero-order valence-corrected chi connectivity index (χ0v) is 11.2. The zero-order chi connectivity index (χ0) is 13.3. The summed E-state index contributed by atoms with van der Waals surface area (Å²) in [6.45, 7) is 0.603. The van der Waals surface area contributed by atoms with Crippen molar-refractivity contribution in [3.05, 3.63) is 48.0 Å². The second kappa shape index (κ2) is 4.79. The van der Waals surface area contributed by atoms with Gasteiger partial charge in [-0.25, -0.2) is 13.4 Å². The van der Waals surface area contributed by atoms with Crippen LogP contribution in [0.2, 0.25) is 0 Å². The van der Waals surface area contributed by atoms with Crippen molar-refractivity contribution in [1.82, 2.24) is 15.3 Å². The van der Waals surface area contributed by atoms with E-state index in [4.69, 9.17) is 0 Å². The molecule has 0 amide bonds. The number of rotatable bonds is 3. The summed E-state index contributed by atoms with van der Waals surface area (Å²) in [5, 5.41) is 3.36. The normalized spacial score (nSPS) is 20.9. The van der Waals surface area contributed by atoms with E-state index in [0.717, 1.165) is 11.4 Å². The van der Waals surface area contributed by atoms with Crippen molar-refractivity contribution >= 4 is 9.84 Å². The summed E-state index contributed by atoms with van der Waals surface area (Å²) in [5.74, 6) is 1.05. The largest absolute Gasteiger partial charge is 0.348 e. The van der Waals surface area contributed by atoms with E-state index in [1.165, 1.54) is 0 Å². The Kier molecular flexibility index (Phi) is 3.12. The summed E-state index contributed by atoms with van der Waals surface area (Å²) in [6.07, 6.45) is 4.08. The molecule has 2 N–H and O–H groups in total. The maximum absolute atomic E-state index is 12.0. The molecule has 6 heteroatoms. The molecule has 0 spiro atoms. The number of imidazole rings is 1. The van der Waals surface area contributed by atoms with Crippen molar-refractivity contribution in [3.8, 4) is 0 Å². The third-order valence-corrected chi connectivity index (χ3v) is 5.19. The highest BCUT2D eigenvalue weighted by atomic mass is 32.2. The maximum Gasteiger partial charge on any atom is 0.178 e. The number of hydrogen-bond acceptors (Lipinski definition) is 4. The first-order valence-corrected chi connectivity index (χ1v) is 7.85. The van der Waals surface area contributed by atoms with E-state index in [1.807, 2.05) is 12.1 Å². The minimum absolute atomic E-state index is 0.0600. The van der Waals surface area contributed by atoms with Crippen LogP contribution in [0.3, 0.4) is 0 Å². The Bertz CT molecular complexity index is 665. The van der Waals surface area contributed by atoms with Gasteiger partial charge in [-0.1, -0.05) is 18.2 Å². The fourth-order valence-corrected chi connectivity index (χ4v) is 4.04. The van der Waals surface area contributed by atoms with Gasteiger partial charge >= 0.3 is 0 Å². The SMILES string of the molecule is O=S1(=O)CCC(NCc2ncc[nH]2)c2ccccc21. The van der Waals surface area contributed by atoms with E-state index in [-0.39, 0.29) is 11.8 Å². The molecule has 3 rings (SSSR count). The van der Waals surface area contributed by atoms with Crippen molar-refractivity contribution in [2.75, 3.05) is 5.75 Å². The van der Waals surface area contributed by atoms with Crippen LogP contribution in [0, 0.1) is 0 Å². The van der Waals surface area contributed by atoms with Crippen LogP contribution >= 0.6 is 0 Å². The van der Waals surface area contributed by atoms with Crippen LogP contribution in [-0.4, -0.2) is 24.1 Å². The Labute approximate surface area is 112 Å². The molecule has 0 radical (unpaired) electrons. The van der Waals surface area contributed by atoms with Crippen LogP contribution in [0.4, 0.5) is 0 Å². The van der Waals surface area contributed by atoms with E-state index in [0.29, 0.717) is 17.9 Å². The number of H-pyrrole nitrogens is 1. The monoisotopic (exact) mass is 277 g/mol. The number of sulfone groups is 1. The van der Waals surface area contributed by atoms with Crippen LogP contribution in [0.5, 0.6) is 0 Å². The van der Waals surface area contributed by atoms with Gasteiger partial charge < -0.3 is 10.3 Å². The van der Waals surface area contributed by atoms with Gasteiger partial charge in [0.2, 0.25) is 0 Å². The fraction of sp³-hybridized carbons (Fsp3) is 0.308. The van der Waals surface area contributed by atoms with Gasteiger partial charge in [-0.15, -0.1) is 0 Å². The van der Waals surface area contributed by atoms with Gasteiger partial charge in [0, 0.05) is 18.4 Å². The van der Waals surface area contributed by atoms with Crippen molar-refractivity contribution in [2.45, 2.75) is 23.9 Å². The number of aromatic nitrogens is 2. The summed E-state index contributed by atoms with van der Waals surface area (Å²) in [4.78, 5) is 7.63. The molecule has 0 saturated carbocycles. The molecule has 0 bridgehead atoms. The maximum atomic E-state index is 12.0. The molecule has 0 fully saturated rings. The van der Waals surface area contributed by atoms with E-state index in [9.17, 15) is 8.42 Å². The Hall–Kier alpha value is -1.66. The topological polar surface area (TPSA) is 74.8 Å². The number of fused-ring (bicyclic) bond motifs is 1. The molecular formula is C13H15N3O2S. The highest BCUT2D eigenvalue weighted by molar-refractivity contribution is 7.91. The molecule has 1 aliphatic rings. The predicted octanol–water partition coefficient (Wildman–Crippen LogP) is 1.42. The van der Waals surface area contributed by atoms with Crippen LogP contribution in [0.15, 0.2) is 41.6 Å². The predicted molar refractivity (Wildman–Crippen MR) is 71.3 cm³/mol. The van der Waals surface area contributed by atoms with Crippen molar-refractivity contribution in [3.63, 3.8) is 0 Å². The summed E-state index contributed by atoms with van der Waals surface area (Å²) in [5.41, 5.74) is 0.861. The highest BCUT2D eigenvalue weighted by Crippen LogP contribution is 2.31. The lowest BCUT2D eigenvalue weighted by atomic mass is 10.0. The van der Waals surface area contributed by atoms with E-state index < -0.39 is 9.84 Å². The average Bonchev–Trinajstić information content (AvgIpc) is 2.91. The molecule has 1 unspecified atom stereocenters. The van der Waals surface area contributed by atoms with Crippen molar-refractivity contribution in [1.29, 1.82) is 0 Å². The summed E-state index contributed by atoms with van der Waals surface area (Å²) >= 11 is 0. The molecule has 19 heavy (non-hydrogen) atoms. The Morgan fingerprint density at radius 1 is 1.37 bits per heavy atom. The Morgan fingerprint density at radius 2 is 2.21 bits per heavy atom. The van der Waals surface area contributed by atoms with Crippen molar-refractivity contribution in [2.24, 2.45) is 0 Å². The average molecular weight is 277 g/mol. The molecule has 1 atom stereocenters. The van der Waals surface area contributed by atoms with Gasteiger partial charge in [-0.2, -0.15) is 0 Å². The zero-order valence-electron chi connectivity index (χ0n) is 10.3. The van der Waals surface area contributed by atoms with Crippen LogP contribution in [0.1, 0.15) is 23.9 Å². The lowest BCUT2D eigenvalue weighted by molar-refractivity contribution is 0.485. The molecule has 5 nitrogen and oxygen atoms in total. The number of hydrogen-bond donors (Lipinski definition) is 2. The number of nitrogens with one attached hydrogen (secondary N) is 2. The molecule has 1 aromatic carbocycles. The minimum Gasteiger partial charge on any atom is -0.348 e. The molecule has 0 saturated heterocycles. The fourth-order valence-electron chi connectivity index (χ4n) is 2.42. The highest BCUT2D eigenvalue weighted by Gasteiger charge is 2.29. The first-order chi connectivity index (χ1) is 9.17. The molecule has 2 heterocycles. The van der Waals surface area contributed by atoms with Gasteiger partial charge in [-0.05, 0) is 18.1 Å². The molecule has 2 aromatic rings. The van der Waals surface area contributed by atoms with E-state index in [1.54, 1.807) is 24.5 Å². The number of aromatic amines is 1. The number of benzene rings is 1. The molecule has 1 aromatic heterocycles. The molecular weight excluding hydrogens is 262 g/mol. The number of nitrogens with zero attached hydrogens (tertiary/aromatic N) is 1. The van der Waals surface area contributed by atoms with Gasteiger partial charge in [-0.3, -0.25) is 0 Å². The van der Waals surface area contributed by atoms with Gasteiger partial charge in [0.25, 0.3) is 0 Å². The third-order valence-electron chi connectivity index (χ3n) is 3.38. The lowest BCUT2D eigenvalue weighted by Crippen LogP contribution is -2.29. The first kappa shape index (κ1) is 12.4. The smallest absolute Gasteiger partial charge is 0.178 e. The minimum atomic E-state index is -3.11. The van der Waals surface area contributed by atoms with E-state index in [2.05, 4.69) is 15.3 Å². The van der Waals surface area contributed by atoms with Gasteiger partial charge in [0.15, 0.2) is 9.84 Å². The standard InChI is InChI=1S/C13H15N3O2S/c17-19(18)8-5-11(10-3-1-2-4-12(10)19)16-9-13-14-6-7-15-13/h1-4,6-7,11,16H,5,8-9H2,(H,14,15). The summed E-state index contributed by atoms with van der Waals surface area (Å²) < 4.78 is 24.0. The quantitative estimate of drug-likeness (QED) is 0.889. The lowest BCUT2D eigenvalue weighted by Gasteiger charge is -2.26. The van der Waals surface area contributed by atoms with Crippen LogP contribution < -0.4 is 5.32 Å². The van der Waals surface area contributed by atoms with E-state index >= 15 is 0 Å². The van der Waals surface area contributed by atoms with Gasteiger partial charge in [0.05, 0.1) is 17.2 Å². The summed E-state index contributed by atoms with van der Waals surface area (Å²) in [6, 6.07) is 7.27. The Morgan fingerprint density at radius 3 is 3.00 bits per heavy atom. The van der Waals surface area contributed by atoms with Crippen LogP contribution in [0.25, 0.3) is 0 Å². The molecule has 1 aliphatic heterocycles. The second-order valence-corrected chi connectivity index (χ2v) is 6.69. The summed E-state index contributed by atoms with van der Waals surface area (Å²) in [7, 11) is -3.11. The van der Waals surface area contributed by atoms with Gasteiger partial charge in [0.1, 0.15) is 5.82 Å². The van der Waals surface area contributed by atoms with Crippen LogP contribution in [-0.2, 0) is 16.4 Å².